The van der Waals surface area contributed by atoms with Crippen LogP contribution in [0.1, 0.15) is 42.6 Å². The minimum absolute atomic E-state index is 0.145. The van der Waals surface area contributed by atoms with Gasteiger partial charge in [0.05, 0.1) is 18.1 Å². The molecule has 0 unspecified atom stereocenters. The molecule has 0 aromatic heterocycles. The monoisotopic (exact) mass is 372 g/mol. The van der Waals surface area contributed by atoms with Crippen LogP contribution < -0.4 is 14.8 Å². The van der Waals surface area contributed by atoms with Crippen LogP contribution in [0.15, 0.2) is 36.4 Å². The van der Waals surface area contributed by atoms with Gasteiger partial charge in [-0.2, -0.15) is 0 Å². The van der Waals surface area contributed by atoms with Gasteiger partial charge in [0.1, 0.15) is 17.2 Å². The second kappa shape index (κ2) is 9.56. The number of nitro benzene ring substituents is 1. The summed E-state index contributed by atoms with van der Waals surface area (Å²) in [4.78, 5) is 23.4. The van der Waals surface area contributed by atoms with Gasteiger partial charge in [-0.25, -0.2) is 0 Å². The average Bonchev–Trinajstić information content (AvgIpc) is 2.65. The lowest BCUT2D eigenvalue weighted by atomic mass is 10.1. The quantitative estimate of drug-likeness (QED) is 0.507. The molecule has 1 N–H and O–H groups in total. The molecule has 0 bridgehead atoms. The van der Waals surface area contributed by atoms with E-state index in [0.717, 1.165) is 18.4 Å². The summed E-state index contributed by atoms with van der Waals surface area (Å²) in [7, 11) is 0. The molecular formula is C20H24N2O5. The van der Waals surface area contributed by atoms with E-state index in [1.807, 2.05) is 13.8 Å². The van der Waals surface area contributed by atoms with Crippen molar-refractivity contribution in [1.82, 2.24) is 0 Å². The van der Waals surface area contributed by atoms with Crippen molar-refractivity contribution in [2.24, 2.45) is 0 Å². The fourth-order valence-electron chi connectivity index (χ4n) is 2.40. The predicted octanol–water partition coefficient (Wildman–Crippen LogP) is 4.73. The topological polar surface area (TPSA) is 90.7 Å². The van der Waals surface area contributed by atoms with Crippen LogP contribution in [0.3, 0.4) is 0 Å². The Hall–Kier alpha value is -3.09. The lowest BCUT2D eigenvalue weighted by Gasteiger charge is -2.12. The Morgan fingerprint density at radius 3 is 2.15 bits per heavy atom. The smallest absolute Gasteiger partial charge is 0.293 e. The number of carbonyl (C=O) groups excluding carboxylic acids is 1. The van der Waals surface area contributed by atoms with Crippen molar-refractivity contribution in [3.63, 3.8) is 0 Å². The fourth-order valence-corrected chi connectivity index (χ4v) is 2.40. The van der Waals surface area contributed by atoms with Gasteiger partial charge in [-0.05, 0) is 43.5 Å². The van der Waals surface area contributed by atoms with E-state index in [2.05, 4.69) is 5.32 Å². The van der Waals surface area contributed by atoms with Gasteiger partial charge in [-0.3, -0.25) is 14.9 Å². The number of hydrogen-bond acceptors (Lipinski definition) is 5. The molecule has 2 rings (SSSR count). The van der Waals surface area contributed by atoms with E-state index in [-0.39, 0.29) is 11.4 Å². The third kappa shape index (κ3) is 5.70. The molecule has 0 heterocycles. The maximum Gasteiger partial charge on any atom is 0.293 e. The molecule has 0 radical (unpaired) electrons. The Bertz CT molecular complexity index is 794. The molecule has 0 fully saturated rings. The molecule has 0 spiro atoms. The molecule has 0 aliphatic heterocycles. The summed E-state index contributed by atoms with van der Waals surface area (Å²) >= 11 is 0. The van der Waals surface area contributed by atoms with E-state index in [4.69, 9.17) is 9.47 Å². The maximum atomic E-state index is 12.7. The molecule has 144 valence electrons. The van der Waals surface area contributed by atoms with Crippen LogP contribution >= 0.6 is 0 Å². The summed E-state index contributed by atoms with van der Waals surface area (Å²) in [6.07, 6.45) is 1.66. The molecule has 2 aromatic carbocycles. The number of amides is 1. The Balaban J connectivity index is 2.30. The van der Waals surface area contributed by atoms with Gasteiger partial charge >= 0.3 is 0 Å². The minimum Gasteiger partial charge on any atom is -0.493 e. The van der Waals surface area contributed by atoms with E-state index in [0.29, 0.717) is 30.3 Å². The van der Waals surface area contributed by atoms with Gasteiger partial charge in [-0.1, -0.05) is 19.9 Å². The zero-order chi connectivity index (χ0) is 19.8. The standard InChI is InChI=1S/C20H24N2O5/c1-4-8-26-16-11-15(12-17(13-16)27-9-5-2)20(23)21-18-7-6-14(3)10-19(18)22(24)25/h6-7,10-13H,4-5,8-9H2,1-3H3,(H,21,23). The second-order valence-corrected chi connectivity index (χ2v) is 6.12. The van der Waals surface area contributed by atoms with E-state index >= 15 is 0 Å². The number of carbonyl (C=O) groups is 1. The van der Waals surface area contributed by atoms with E-state index < -0.39 is 10.8 Å². The summed E-state index contributed by atoms with van der Waals surface area (Å²) in [6.45, 7) is 6.76. The molecule has 0 saturated carbocycles. The Morgan fingerprint density at radius 1 is 1.04 bits per heavy atom. The predicted molar refractivity (Wildman–Crippen MR) is 104 cm³/mol. The van der Waals surface area contributed by atoms with Gasteiger partial charge in [0.15, 0.2) is 0 Å². The van der Waals surface area contributed by atoms with Crippen molar-refractivity contribution in [3.8, 4) is 11.5 Å². The highest BCUT2D eigenvalue weighted by Gasteiger charge is 2.18. The van der Waals surface area contributed by atoms with Crippen LogP contribution in [0.5, 0.6) is 11.5 Å². The van der Waals surface area contributed by atoms with Crippen LogP contribution in [-0.2, 0) is 0 Å². The van der Waals surface area contributed by atoms with Crippen molar-refractivity contribution in [1.29, 1.82) is 0 Å². The average molecular weight is 372 g/mol. The van der Waals surface area contributed by atoms with Crippen LogP contribution in [-0.4, -0.2) is 24.0 Å². The zero-order valence-corrected chi connectivity index (χ0v) is 15.8. The molecule has 0 atom stereocenters. The summed E-state index contributed by atoms with van der Waals surface area (Å²) in [5, 5.41) is 13.9. The summed E-state index contributed by atoms with van der Waals surface area (Å²) in [6, 6.07) is 9.59. The first-order valence-corrected chi connectivity index (χ1v) is 8.91. The summed E-state index contributed by atoms with van der Waals surface area (Å²) in [5.41, 5.74) is 1.05. The largest absolute Gasteiger partial charge is 0.493 e. The molecular weight excluding hydrogens is 348 g/mol. The van der Waals surface area contributed by atoms with Crippen molar-refractivity contribution in [2.75, 3.05) is 18.5 Å². The fraction of sp³-hybridized carbons (Fsp3) is 0.350. The Kier molecular flexibility index (Phi) is 7.16. The third-order valence-corrected chi connectivity index (χ3v) is 3.69. The lowest BCUT2D eigenvalue weighted by molar-refractivity contribution is -0.384. The zero-order valence-electron chi connectivity index (χ0n) is 15.8. The number of nitrogens with one attached hydrogen (secondary N) is 1. The van der Waals surface area contributed by atoms with Gasteiger partial charge in [0.25, 0.3) is 11.6 Å². The first-order valence-electron chi connectivity index (χ1n) is 8.91. The van der Waals surface area contributed by atoms with Gasteiger partial charge < -0.3 is 14.8 Å². The van der Waals surface area contributed by atoms with Crippen LogP contribution in [0.2, 0.25) is 0 Å². The number of benzene rings is 2. The van der Waals surface area contributed by atoms with Crippen LogP contribution in [0.25, 0.3) is 0 Å². The number of ether oxygens (including phenoxy) is 2. The van der Waals surface area contributed by atoms with E-state index in [1.54, 1.807) is 31.2 Å². The lowest BCUT2D eigenvalue weighted by Crippen LogP contribution is -2.14. The van der Waals surface area contributed by atoms with Crippen molar-refractivity contribution in [3.05, 3.63) is 57.6 Å². The number of nitro groups is 1. The second-order valence-electron chi connectivity index (χ2n) is 6.12. The third-order valence-electron chi connectivity index (χ3n) is 3.69. The van der Waals surface area contributed by atoms with Crippen molar-refractivity contribution >= 4 is 17.3 Å². The Morgan fingerprint density at radius 2 is 1.63 bits per heavy atom. The van der Waals surface area contributed by atoms with Crippen LogP contribution in [0.4, 0.5) is 11.4 Å². The number of anilines is 1. The highest BCUT2D eigenvalue weighted by Crippen LogP contribution is 2.28. The normalized spacial score (nSPS) is 10.3. The molecule has 0 aliphatic rings. The highest BCUT2D eigenvalue weighted by atomic mass is 16.6. The van der Waals surface area contributed by atoms with Crippen molar-refractivity contribution < 1.29 is 19.2 Å². The first-order chi connectivity index (χ1) is 12.9. The molecule has 2 aromatic rings. The summed E-state index contributed by atoms with van der Waals surface area (Å²) in [5.74, 6) is 0.577. The molecule has 0 aliphatic carbocycles. The number of rotatable bonds is 9. The first kappa shape index (κ1) is 20.2. The number of nitrogens with zero attached hydrogens (tertiary/aromatic N) is 1. The number of hydrogen-bond donors (Lipinski definition) is 1. The molecule has 7 heteroatoms. The maximum absolute atomic E-state index is 12.7. The molecule has 27 heavy (non-hydrogen) atoms. The van der Waals surface area contributed by atoms with E-state index in [9.17, 15) is 14.9 Å². The SMILES string of the molecule is CCCOc1cc(OCCC)cc(C(=O)Nc2ccc(C)cc2[N+](=O)[O-])c1. The molecule has 7 nitrogen and oxygen atoms in total. The van der Waals surface area contributed by atoms with Gasteiger partial charge in [0, 0.05) is 17.7 Å². The van der Waals surface area contributed by atoms with Crippen LogP contribution in [0, 0.1) is 17.0 Å². The number of aryl methyl sites for hydroxylation is 1. The van der Waals surface area contributed by atoms with Gasteiger partial charge in [0.2, 0.25) is 0 Å². The van der Waals surface area contributed by atoms with Crippen molar-refractivity contribution in [2.45, 2.75) is 33.6 Å². The molecule has 1 amide bonds. The molecule has 0 saturated heterocycles. The minimum atomic E-state index is -0.515. The summed E-state index contributed by atoms with van der Waals surface area (Å²) < 4.78 is 11.3. The highest BCUT2D eigenvalue weighted by molar-refractivity contribution is 6.06. The van der Waals surface area contributed by atoms with E-state index in [1.165, 1.54) is 12.1 Å². The Labute approximate surface area is 158 Å². The van der Waals surface area contributed by atoms with Gasteiger partial charge in [-0.15, -0.1) is 0 Å².